The Bertz CT molecular complexity index is 754. The van der Waals surface area contributed by atoms with E-state index in [2.05, 4.69) is 4.98 Å². The molecule has 0 aliphatic carbocycles. The van der Waals surface area contributed by atoms with Crippen molar-refractivity contribution in [1.29, 1.82) is 0 Å². The number of hydrogen-bond acceptors (Lipinski definition) is 5. The Morgan fingerprint density at radius 1 is 1.20 bits per heavy atom. The lowest BCUT2D eigenvalue weighted by Gasteiger charge is -2.26. The van der Waals surface area contributed by atoms with E-state index < -0.39 is 15.4 Å². The van der Waals surface area contributed by atoms with Gasteiger partial charge in [-0.2, -0.15) is 0 Å². The second kappa shape index (κ2) is 8.60. The first-order valence-corrected chi connectivity index (χ1v) is 9.99. The van der Waals surface area contributed by atoms with E-state index >= 15 is 0 Å². The molecule has 0 bridgehead atoms. The molecule has 0 fully saturated rings. The van der Waals surface area contributed by atoms with Crippen LogP contribution < -0.4 is 0 Å². The first-order valence-electron chi connectivity index (χ1n) is 8.33. The average Bonchev–Trinajstić information content (AvgIpc) is 2.99. The number of aromatic nitrogens is 2. The number of hydrogen-bond donors (Lipinski definition) is 0. The zero-order chi connectivity index (χ0) is 18.3. The molecular formula is C18H26N2O4S. The molecule has 0 aliphatic heterocycles. The number of ether oxygens (including phenoxy) is 2. The molecule has 1 heterocycles. The molecular weight excluding hydrogens is 340 g/mol. The summed E-state index contributed by atoms with van der Waals surface area (Å²) in [4.78, 5) is 4.61. The lowest BCUT2D eigenvalue weighted by molar-refractivity contribution is -0.0228. The molecule has 0 N–H and O–H groups in total. The van der Waals surface area contributed by atoms with Crippen molar-refractivity contribution in [3.8, 4) is 0 Å². The molecule has 0 saturated heterocycles. The maximum atomic E-state index is 12.3. The Hall–Kier alpha value is -1.70. The van der Waals surface area contributed by atoms with E-state index in [9.17, 15) is 8.42 Å². The molecule has 0 radical (unpaired) electrons. The van der Waals surface area contributed by atoms with Crippen molar-refractivity contribution in [3.05, 3.63) is 48.5 Å². The fourth-order valence-corrected chi connectivity index (χ4v) is 3.56. The Balaban J connectivity index is 1.90. The number of benzene rings is 1. The molecule has 25 heavy (non-hydrogen) atoms. The van der Waals surface area contributed by atoms with Gasteiger partial charge in [-0.3, -0.25) is 0 Å². The van der Waals surface area contributed by atoms with Crippen LogP contribution >= 0.6 is 0 Å². The molecule has 0 amide bonds. The Labute approximate surface area is 149 Å². The fraction of sp³-hybridized carbons (Fsp3) is 0.500. The zero-order valence-electron chi connectivity index (χ0n) is 15.0. The van der Waals surface area contributed by atoms with Crippen molar-refractivity contribution in [3.63, 3.8) is 0 Å². The number of rotatable bonds is 10. The zero-order valence-corrected chi connectivity index (χ0v) is 15.8. The van der Waals surface area contributed by atoms with E-state index in [1.807, 2.05) is 31.5 Å². The van der Waals surface area contributed by atoms with Crippen molar-refractivity contribution in [1.82, 2.24) is 9.55 Å². The highest BCUT2D eigenvalue weighted by atomic mass is 32.2. The molecule has 2 rings (SSSR count). The van der Waals surface area contributed by atoms with Crippen molar-refractivity contribution in [2.45, 2.75) is 44.4 Å². The highest BCUT2D eigenvalue weighted by Crippen LogP contribution is 2.16. The van der Waals surface area contributed by atoms with Crippen LogP contribution in [0.2, 0.25) is 0 Å². The molecule has 0 unspecified atom stereocenters. The monoisotopic (exact) mass is 366 g/mol. The third kappa shape index (κ3) is 5.95. The summed E-state index contributed by atoms with van der Waals surface area (Å²) in [6.07, 6.45) is 3.60. The van der Waals surface area contributed by atoms with Gasteiger partial charge in [0.15, 0.2) is 9.84 Å². The molecule has 0 aliphatic rings. The van der Waals surface area contributed by atoms with Crippen LogP contribution in [0.3, 0.4) is 0 Å². The van der Waals surface area contributed by atoms with Gasteiger partial charge >= 0.3 is 0 Å². The molecule has 0 spiro atoms. The van der Waals surface area contributed by atoms with Gasteiger partial charge < -0.3 is 14.0 Å². The summed E-state index contributed by atoms with van der Waals surface area (Å²) in [6.45, 7) is 7.60. The Morgan fingerprint density at radius 3 is 2.60 bits per heavy atom. The second-order valence-corrected chi connectivity index (χ2v) is 8.46. The Morgan fingerprint density at radius 2 is 1.92 bits per heavy atom. The second-order valence-electron chi connectivity index (χ2n) is 6.35. The summed E-state index contributed by atoms with van der Waals surface area (Å²) < 4.78 is 37.8. The predicted octanol–water partition coefficient (Wildman–Crippen LogP) is 2.69. The lowest BCUT2D eigenvalue weighted by atomic mass is 10.1. The van der Waals surface area contributed by atoms with Crippen LogP contribution in [0.1, 0.15) is 26.6 Å². The maximum absolute atomic E-state index is 12.3. The van der Waals surface area contributed by atoms with Crippen LogP contribution in [0, 0.1) is 0 Å². The molecule has 138 valence electrons. The highest BCUT2D eigenvalue weighted by Gasteiger charge is 2.22. The van der Waals surface area contributed by atoms with Gasteiger partial charge in [-0.25, -0.2) is 13.4 Å². The molecule has 7 heteroatoms. The van der Waals surface area contributed by atoms with Gasteiger partial charge in [0, 0.05) is 19.0 Å². The van der Waals surface area contributed by atoms with Gasteiger partial charge in [0.1, 0.15) is 12.4 Å². The van der Waals surface area contributed by atoms with Gasteiger partial charge in [0.25, 0.3) is 0 Å². The number of nitrogens with zero attached hydrogens (tertiary/aromatic N) is 2. The van der Waals surface area contributed by atoms with Crippen LogP contribution in [0.5, 0.6) is 0 Å². The molecule has 2 aromatic rings. The highest BCUT2D eigenvalue weighted by molar-refractivity contribution is 7.91. The smallest absolute Gasteiger partial charge is 0.180 e. The minimum atomic E-state index is -3.33. The van der Waals surface area contributed by atoms with Crippen molar-refractivity contribution in [2.75, 3.05) is 19.0 Å². The van der Waals surface area contributed by atoms with E-state index in [4.69, 9.17) is 9.47 Å². The third-order valence-corrected chi connectivity index (χ3v) is 5.43. The molecule has 1 aromatic carbocycles. The summed E-state index contributed by atoms with van der Waals surface area (Å²) >= 11 is 0. The van der Waals surface area contributed by atoms with Crippen LogP contribution in [-0.4, -0.2) is 42.5 Å². The van der Waals surface area contributed by atoms with Gasteiger partial charge in [0.05, 0.1) is 29.4 Å². The fourth-order valence-electron chi connectivity index (χ4n) is 2.45. The van der Waals surface area contributed by atoms with Gasteiger partial charge in [0.2, 0.25) is 0 Å². The van der Waals surface area contributed by atoms with Gasteiger partial charge in [-0.1, -0.05) is 18.2 Å². The summed E-state index contributed by atoms with van der Waals surface area (Å²) in [5.74, 6) is 0.784. The summed E-state index contributed by atoms with van der Waals surface area (Å²) in [5, 5.41) is 0. The van der Waals surface area contributed by atoms with E-state index in [-0.39, 0.29) is 12.4 Å². The average molecular weight is 366 g/mol. The van der Waals surface area contributed by atoms with E-state index in [1.54, 1.807) is 36.5 Å². The predicted molar refractivity (Wildman–Crippen MR) is 96.1 cm³/mol. The van der Waals surface area contributed by atoms with Crippen LogP contribution in [0.4, 0.5) is 0 Å². The largest absolute Gasteiger partial charge is 0.374 e. The quantitative estimate of drug-likeness (QED) is 0.646. The minimum Gasteiger partial charge on any atom is -0.374 e. The first kappa shape index (κ1) is 19.6. The summed E-state index contributed by atoms with van der Waals surface area (Å²) in [5.41, 5.74) is -0.520. The SMILES string of the molecule is CCOCc1nccn1CC(C)(C)OCCS(=O)(=O)c1ccccc1. The minimum absolute atomic E-state index is 0.0455. The third-order valence-electron chi connectivity index (χ3n) is 3.74. The number of imidazole rings is 1. The first-order chi connectivity index (χ1) is 11.8. The van der Waals surface area contributed by atoms with Crippen LogP contribution in [0.25, 0.3) is 0 Å². The topological polar surface area (TPSA) is 70.4 Å². The molecule has 0 atom stereocenters. The standard InChI is InChI=1S/C18H26N2O4S/c1-4-23-14-17-19-10-11-20(17)15-18(2,3)24-12-13-25(21,22)16-8-6-5-7-9-16/h5-11H,4,12-15H2,1-3H3. The van der Waals surface area contributed by atoms with Crippen LogP contribution in [-0.2, 0) is 32.5 Å². The van der Waals surface area contributed by atoms with Crippen molar-refractivity contribution in [2.24, 2.45) is 0 Å². The van der Waals surface area contributed by atoms with Crippen molar-refractivity contribution < 1.29 is 17.9 Å². The molecule has 0 saturated carbocycles. The van der Waals surface area contributed by atoms with Gasteiger partial charge in [-0.15, -0.1) is 0 Å². The Kier molecular flexibility index (Phi) is 6.75. The number of sulfone groups is 1. The lowest BCUT2D eigenvalue weighted by Crippen LogP contribution is -2.33. The van der Waals surface area contributed by atoms with Crippen LogP contribution in [0.15, 0.2) is 47.6 Å². The normalized spacial score (nSPS) is 12.4. The van der Waals surface area contributed by atoms with Crippen molar-refractivity contribution >= 4 is 9.84 Å². The summed E-state index contributed by atoms with van der Waals surface area (Å²) in [6, 6.07) is 8.44. The van der Waals surface area contributed by atoms with E-state index in [0.29, 0.717) is 24.7 Å². The summed E-state index contributed by atoms with van der Waals surface area (Å²) in [7, 11) is -3.33. The maximum Gasteiger partial charge on any atom is 0.180 e. The van der Waals surface area contributed by atoms with E-state index in [1.165, 1.54) is 0 Å². The van der Waals surface area contributed by atoms with E-state index in [0.717, 1.165) is 5.82 Å². The van der Waals surface area contributed by atoms with Gasteiger partial charge in [-0.05, 0) is 32.9 Å². The molecule has 6 nitrogen and oxygen atoms in total. The molecule has 1 aromatic heterocycles.